The van der Waals surface area contributed by atoms with E-state index in [0.29, 0.717) is 5.02 Å². The summed E-state index contributed by atoms with van der Waals surface area (Å²) < 4.78 is 9.08. The smallest absolute Gasteiger partial charge is 0.145 e. The standard InChI is InChI=1S/C25H14BrClN2O/c26-18-10-6-11-20(24(18)27)29-21-14-23-17(16-9-4-5-12-22(16)30-23)13-19(21)28-25(29)15-7-2-1-3-8-15/h1-14H. The van der Waals surface area contributed by atoms with E-state index in [-0.39, 0.29) is 0 Å². The monoisotopic (exact) mass is 472 g/mol. The van der Waals surface area contributed by atoms with E-state index >= 15 is 0 Å². The summed E-state index contributed by atoms with van der Waals surface area (Å²) in [5, 5.41) is 2.78. The Bertz CT molecular complexity index is 1570. The maximum Gasteiger partial charge on any atom is 0.145 e. The topological polar surface area (TPSA) is 31.0 Å². The molecule has 144 valence electrons. The fraction of sp³-hybridized carbons (Fsp3) is 0. The van der Waals surface area contributed by atoms with Gasteiger partial charge in [-0.1, -0.05) is 66.2 Å². The fourth-order valence-electron chi connectivity index (χ4n) is 3.99. The number of benzene rings is 4. The molecule has 0 aliphatic heterocycles. The highest BCUT2D eigenvalue weighted by atomic mass is 79.9. The van der Waals surface area contributed by atoms with E-state index in [4.69, 9.17) is 21.0 Å². The number of rotatable bonds is 2. The number of para-hydroxylation sites is 1. The predicted octanol–water partition coefficient (Wildman–Crippen LogP) is 8.01. The summed E-state index contributed by atoms with van der Waals surface area (Å²) in [4.78, 5) is 5.01. The van der Waals surface area contributed by atoms with Crippen molar-refractivity contribution in [1.82, 2.24) is 9.55 Å². The molecule has 0 fully saturated rings. The number of halogens is 2. The molecule has 0 saturated carbocycles. The van der Waals surface area contributed by atoms with Gasteiger partial charge in [-0.25, -0.2) is 4.98 Å². The van der Waals surface area contributed by atoms with Crippen LogP contribution in [0.2, 0.25) is 5.02 Å². The average Bonchev–Trinajstić information content (AvgIpc) is 3.32. The SMILES string of the molecule is Clc1c(Br)cccc1-n1c(-c2ccccc2)nc2cc3c(cc21)oc1ccccc13. The molecule has 6 rings (SSSR count). The minimum Gasteiger partial charge on any atom is -0.456 e. The minimum absolute atomic E-state index is 0.638. The van der Waals surface area contributed by atoms with Crippen LogP contribution in [0.15, 0.2) is 93.8 Å². The summed E-state index contributed by atoms with van der Waals surface area (Å²) in [6.07, 6.45) is 0. The lowest BCUT2D eigenvalue weighted by Crippen LogP contribution is -1.98. The van der Waals surface area contributed by atoms with Crippen molar-refractivity contribution in [2.45, 2.75) is 0 Å². The van der Waals surface area contributed by atoms with Crippen LogP contribution < -0.4 is 0 Å². The van der Waals surface area contributed by atoms with Crippen LogP contribution in [0.25, 0.3) is 50.0 Å². The molecule has 5 heteroatoms. The van der Waals surface area contributed by atoms with Crippen LogP contribution in [0, 0.1) is 0 Å². The van der Waals surface area contributed by atoms with Crippen molar-refractivity contribution in [2.24, 2.45) is 0 Å². The van der Waals surface area contributed by atoms with Gasteiger partial charge in [0.15, 0.2) is 0 Å². The zero-order valence-corrected chi connectivity index (χ0v) is 18.0. The first-order valence-electron chi connectivity index (χ1n) is 9.54. The van der Waals surface area contributed by atoms with Gasteiger partial charge in [-0.15, -0.1) is 0 Å². The third-order valence-electron chi connectivity index (χ3n) is 5.36. The molecule has 0 aliphatic carbocycles. The van der Waals surface area contributed by atoms with Crippen molar-refractivity contribution in [3.8, 4) is 17.1 Å². The van der Waals surface area contributed by atoms with E-state index in [0.717, 1.165) is 54.5 Å². The highest BCUT2D eigenvalue weighted by molar-refractivity contribution is 9.10. The van der Waals surface area contributed by atoms with E-state index in [9.17, 15) is 0 Å². The lowest BCUT2D eigenvalue weighted by Gasteiger charge is -2.12. The van der Waals surface area contributed by atoms with Crippen LogP contribution >= 0.6 is 27.5 Å². The average molecular weight is 474 g/mol. The second kappa shape index (κ2) is 6.73. The summed E-state index contributed by atoms with van der Waals surface area (Å²) in [6.45, 7) is 0. The van der Waals surface area contributed by atoms with Gasteiger partial charge >= 0.3 is 0 Å². The first kappa shape index (κ1) is 17.8. The Morgan fingerprint density at radius 3 is 2.47 bits per heavy atom. The highest BCUT2D eigenvalue weighted by Crippen LogP contribution is 2.38. The predicted molar refractivity (Wildman–Crippen MR) is 126 cm³/mol. The molecule has 2 aromatic heterocycles. The molecule has 0 radical (unpaired) electrons. The molecule has 3 nitrogen and oxygen atoms in total. The summed E-state index contributed by atoms with van der Waals surface area (Å²) >= 11 is 10.3. The van der Waals surface area contributed by atoms with Crippen molar-refractivity contribution in [3.05, 3.63) is 94.4 Å². The lowest BCUT2D eigenvalue weighted by molar-refractivity contribution is 0.669. The van der Waals surface area contributed by atoms with Crippen LogP contribution in [0.1, 0.15) is 0 Å². The molecule has 0 N–H and O–H groups in total. The van der Waals surface area contributed by atoms with Crippen molar-refractivity contribution in [2.75, 3.05) is 0 Å². The Hall–Kier alpha value is -3.08. The van der Waals surface area contributed by atoms with Crippen LogP contribution in [0.3, 0.4) is 0 Å². The van der Waals surface area contributed by atoms with Crippen molar-refractivity contribution in [3.63, 3.8) is 0 Å². The number of imidazole rings is 1. The molecule has 30 heavy (non-hydrogen) atoms. The molecule has 0 aliphatic rings. The van der Waals surface area contributed by atoms with Gasteiger partial charge in [-0.3, -0.25) is 4.57 Å². The summed E-state index contributed by atoms with van der Waals surface area (Å²) in [7, 11) is 0. The number of aromatic nitrogens is 2. The van der Waals surface area contributed by atoms with Crippen LogP contribution in [-0.2, 0) is 0 Å². The van der Waals surface area contributed by atoms with E-state index in [1.165, 1.54) is 0 Å². The Labute approximate surface area is 185 Å². The first-order valence-corrected chi connectivity index (χ1v) is 10.7. The quantitative estimate of drug-likeness (QED) is 0.255. The third kappa shape index (κ3) is 2.61. The summed E-state index contributed by atoms with van der Waals surface area (Å²) in [5.41, 5.74) is 5.42. The zero-order valence-electron chi connectivity index (χ0n) is 15.6. The number of furan rings is 1. The van der Waals surface area contributed by atoms with Gasteiger partial charge in [0.05, 0.1) is 21.7 Å². The molecular formula is C25H14BrClN2O. The zero-order chi connectivity index (χ0) is 20.2. The first-order chi connectivity index (χ1) is 14.7. The van der Waals surface area contributed by atoms with Crippen LogP contribution in [0.5, 0.6) is 0 Å². The van der Waals surface area contributed by atoms with Gasteiger partial charge < -0.3 is 4.42 Å². The van der Waals surface area contributed by atoms with E-state index in [1.54, 1.807) is 0 Å². The molecule has 0 spiro atoms. The molecule has 6 aromatic rings. The molecular weight excluding hydrogens is 460 g/mol. The Balaban J connectivity index is 1.76. The molecule has 0 saturated heterocycles. The highest BCUT2D eigenvalue weighted by Gasteiger charge is 2.19. The third-order valence-corrected chi connectivity index (χ3v) is 6.64. The Morgan fingerprint density at radius 2 is 1.60 bits per heavy atom. The maximum absolute atomic E-state index is 6.71. The normalized spacial score (nSPS) is 11.7. The van der Waals surface area contributed by atoms with E-state index in [2.05, 4.69) is 50.8 Å². The second-order valence-corrected chi connectivity index (χ2v) is 8.38. The summed E-state index contributed by atoms with van der Waals surface area (Å²) in [6, 6.07) is 28.3. The van der Waals surface area contributed by atoms with E-state index < -0.39 is 0 Å². The molecule has 0 bridgehead atoms. The molecule has 4 aromatic carbocycles. The number of nitrogens with zero attached hydrogens (tertiary/aromatic N) is 2. The lowest BCUT2D eigenvalue weighted by atomic mass is 10.1. The van der Waals surface area contributed by atoms with Crippen molar-refractivity contribution >= 4 is 60.5 Å². The molecule has 0 amide bonds. The largest absolute Gasteiger partial charge is 0.456 e. The number of fused-ring (bicyclic) bond motifs is 4. The molecule has 0 atom stereocenters. The fourth-order valence-corrected chi connectivity index (χ4v) is 4.55. The van der Waals surface area contributed by atoms with Gasteiger partial charge in [0.25, 0.3) is 0 Å². The van der Waals surface area contributed by atoms with Crippen molar-refractivity contribution in [1.29, 1.82) is 0 Å². The van der Waals surface area contributed by atoms with Gasteiger partial charge in [0.2, 0.25) is 0 Å². The van der Waals surface area contributed by atoms with Gasteiger partial charge in [0.1, 0.15) is 17.0 Å². The van der Waals surface area contributed by atoms with Crippen molar-refractivity contribution < 1.29 is 4.42 Å². The van der Waals surface area contributed by atoms with Gasteiger partial charge in [0, 0.05) is 26.9 Å². The Kier molecular flexibility index (Phi) is 3.98. The van der Waals surface area contributed by atoms with Gasteiger partial charge in [-0.2, -0.15) is 0 Å². The molecule has 2 heterocycles. The molecule has 0 unspecified atom stereocenters. The van der Waals surface area contributed by atoms with Crippen LogP contribution in [-0.4, -0.2) is 9.55 Å². The summed E-state index contributed by atoms with van der Waals surface area (Å²) in [5.74, 6) is 0.836. The number of hydrogen-bond acceptors (Lipinski definition) is 2. The van der Waals surface area contributed by atoms with Crippen LogP contribution in [0.4, 0.5) is 0 Å². The van der Waals surface area contributed by atoms with E-state index in [1.807, 2.05) is 54.6 Å². The number of hydrogen-bond donors (Lipinski definition) is 0. The minimum atomic E-state index is 0.638. The second-order valence-electron chi connectivity index (χ2n) is 7.15. The van der Waals surface area contributed by atoms with Gasteiger partial charge in [-0.05, 0) is 40.2 Å². The Morgan fingerprint density at radius 1 is 0.800 bits per heavy atom. The maximum atomic E-state index is 6.71.